The number of hydrogen-bond donors (Lipinski definition) is 1. The molecule has 0 atom stereocenters. The van der Waals surface area contributed by atoms with Crippen LogP contribution in [0.2, 0.25) is 0 Å². The van der Waals surface area contributed by atoms with Gasteiger partial charge >= 0.3 is 6.18 Å². The minimum atomic E-state index is -4.56. The van der Waals surface area contributed by atoms with Crippen molar-refractivity contribution in [3.8, 4) is 22.1 Å². The first-order chi connectivity index (χ1) is 17.0. The number of halogens is 3. The third-order valence-electron chi connectivity index (χ3n) is 5.71. The number of benzene rings is 2. The molecular formula is C25H26F3N5O2S. The van der Waals surface area contributed by atoms with Gasteiger partial charge in [0.05, 0.1) is 23.9 Å². The van der Waals surface area contributed by atoms with Crippen LogP contribution in [0.5, 0.6) is 5.75 Å². The number of nitrogens with zero attached hydrogens (tertiary/aromatic N) is 4. The molecule has 11 heteroatoms. The van der Waals surface area contributed by atoms with Crippen molar-refractivity contribution < 1.29 is 22.7 Å². The van der Waals surface area contributed by atoms with Crippen molar-refractivity contribution in [2.24, 2.45) is 5.73 Å². The van der Waals surface area contributed by atoms with Gasteiger partial charge < -0.3 is 15.4 Å². The number of carbonyl (C=O) groups is 1. The van der Waals surface area contributed by atoms with E-state index in [1.54, 1.807) is 7.11 Å². The summed E-state index contributed by atoms with van der Waals surface area (Å²) in [6, 6.07) is 10.8. The van der Waals surface area contributed by atoms with E-state index < -0.39 is 17.6 Å². The minimum absolute atomic E-state index is 0.0868. The molecule has 2 N–H and O–H groups in total. The molecule has 0 bridgehead atoms. The summed E-state index contributed by atoms with van der Waals surface area (Å²) in [6.45, 7) is 4.52. The average Bonchev–Trinajstić information content (AvgIpc) is 3.45. The van der Waals surface area contributed by atoms with Gasteiger partial charge in [0.15, 0.2) is 5.69 Å². The Morgan fingerprint density at radius 3 is 2.61 bits per heavy atom. The standard InChI is InChI=1S/C25H26F3N5O2S/c1-14(2)22-20(15-6-5-7-17(12-15)35-4)30-24(36-22)33-19-9-8-16(25(26,27)28)13-18(19)21(31-33)23(34)32(3)11-10-29/h5-9,12-14H,10-11,29H2,1-4H3. The number of likely N-dealkylation sites (N-methyl/N-ethyl adjacent to an activating group) is 1. The molecule has 4 rings (SSSR count). The van der Waals surface area contributed by atoms with E-state index in [-0.39, 0.29) is 30.1 Å². The molecule has 1 amide bonds. The van der Waals surface area contributed by atoms with E-state index in [0.29, 0.717) is 16.4 Å². The number of aromatic nitrogens is 3. The fourth-order valence-corrected chi connectivity index (χ4v) is 4.91. The Kier molecular flexibility index (Phi) is 7.05. The molecule has 2 heterocycles. The van der Waals surface area contributed by atoms with Crippen LogP contribution < -0.4 is 10.5 Å². The van der Waals surface area contributed by atoms with E-state index >= 15 is 0 Å². The Bertz CT molecular complexity index is 1410. The van der Waals surface area contributed by atoms with Gasteiger partial charge in [-0.2, -0.15) is 18.3 Å². The molecule has 0 saturated carbocycles. The van der Waals surface area contributed by atoms with Crippen LogP contribution in [0.1, 0.15) is 40.7 Å². The summed E-state index contributed by atoms with van der Waals surface area (Å²) in [5.41, 5.74) is 6.56. The number of ether oxygens (including phenoxy) is 1. The summed E-state index contributed by atoms with van der Waals surface area (Å²) >= 11 is 1.38. The van der Waals surface area contributed by atoms with Crippen molar-refractivity contribution in [2.45, 2.75) is 25.9 Å². The second kappa shape index (κ2) is 9.90. The van der Waals surface area contributed by atoms with Gasteiger partial charge in [0.2, 0.25) is 5.13 Å². The number of hydrogen-bond acceptors (Lipinski definition) is 6. The summed E-state index contributed by atoms with van der Waals surface area (Å²) in [6.07, 6.45) is -4.56. The lowest BCUT2D eigenvalue weighted by molar-refractivity contribution is -0.137. The monoisotopic (exact) mass is 517 g/mol. The molecule has 36 heavy (non-hydrogen) atoms. The number of carbonyl (C=O) groups excluding carboxylic acids is 1. The number of fused-ring (bicyclic) bond motifs is 1. The number of thiazole rings is 1. The van der Waals surface area contributed by atoms with E-state index in [2.05, 4.69) is 5.10 Å². The number of nitrogens with two attached hydrogens (primary N) is 1. The van der Waals surface area contributed by atoms with E-state index in [1.807, 2.05) is 38.1 Å². The molecule has 2 aromatic heterocycles. The fraction of sp³-hybridized carbons (Fsp3) is 0.320. The number of methoxy groups -OCH3 is 1. The molecule has 4 aromatic rings. The third-order valence-corrected chi connectivity index (χ3v) is 7.04. The van der Waals surface area contributed by atoms with E-state index in [4.69, 9.17) is 15.5 Å². The highest BCUT2D eigenvalue weighted by Crippen LogP contribution is 2.38. The molecule has 0 radical (unpaired) electrons. The van der Waals surface area contributed by atoms with Gasteiger partial charge in [-0.15, -0.1) is 0 Å². The van der Waals surface area contributed by atoms with Gasteiger partial charge in [-0.25, -0.2) is 9.67 Å². The predicted molar refractivity (Wildman–Crippen MR) is 134 cm³/mol. The molecule has 0 aliphatic rings. The van der Waals surface area contributed by atoms with Crippen LogP contribution in [0.3, 0.4) is 0 Å². The van der Waals surface area contributed by atoms with Crippen molar-refractivity contribution in [2.75, 3.05) is 27.2 Å². The number of alkyl halides is 3. The summed E-state index contributed by atoms with van der Waals surface area (Å²) in [5.74, 6) is 0.280. The van der Waals surface area contributed by atoms with E-state index in [0.717, 1.165) is 28.3 Å². The molecule has 190 valence electrons. The quantitative estimate of drug-likeness (QED) is 0.358. The zero-order valence-electron chi connectivity index (χ0n) is 20.3. The van der Waals surface area contributed by atoms with Crippen LogP contribution in [0, 0.1) is 0 Å². The smallest absolute Gasteiger partial charge is 0.416 e. The van der Waals surface area contributed by atoms with E-state index in [1.165, 1.54) is 34.0 Å². The molecular weight excluding hydrogens is 491 g/mol. The molecule has 2 aromatic carbocycles. The Morgan fingerprint density at radius 2 is 1.97 bits per heavy atom. The van der Waals surface area contributed by atoms with Gasteiger partial charge in [-0.05, 0) is 36.2 Å². The first-order valence-electron chi connectivity index (χ1n) is 11.3. The van der Waals surface area contributed by atoms with Gasteiger partial charge in [-0.3, -0.25) is 4.79 Å². The molecule has 0 saturated heterocycles. The van der Waals surface area contributed by atoms with Crippen LogP contribution in [0.25, 0.3) is 27.3 Å². The van der Waals surface area contributed by atoms with Crippen molar-refractivity contribution in [1.82, 2.24) is 19.7 Å². The lowest BCUT2D eigenvalue weighted by atomic mass is 10.1. The minimum Gasteiger partial charge on any atom is -0.497 e. The van der Waals surface area contributed by atoms with Gasteiger partial charge in [0, 0.05) is 36.0 Å². The predicted octanol–water partition coefficient (Wildman–Crippen LogP) is 5.33. The summed E-state index contributed by atoms with van der Waals surface area (Å²) in [5, 5.41) is 5.01. The Hall–Kier alpha value is -3.44. The van der Waals surface area contributed by atoms with Gasteiger partial charge in [0.1, 0.15) is 5.75 Å². The highest BCUT2D eigenvalue weighted by molar-refractivity contribution is 7.14. The zero-order chi connectivity index (χ0) is 26.2. The summed E-state index contributed by atoms with van der Waals surface area (Å²) in [4.78, 5) is 20.2. The molecule has 0 spiro atoms. The maximum atomic E-state index is 13.5. The third kappa shape index (κ3) is 4.80. The fourth-order valence-electron chi connectivity index (χ4n) is 3.85. The topological polar surface area (TPSA) is 86.3 Å². The lowest BCUT2D eigenvalue weighted by Gasteiger charge is -2.14. The van der Waals surface area contributed by atoms with Gasteiger partial charge in [0.25, 0.3) is 5.91 Å². The Balaban J connectivity index is 1.93. The maximum Gasteiger partial charge on any atom is 0.416 e. The first-order valence-corrected chi connectivity index (χ1v) is 12.1. The molecule has 0 unspecified atom stereocenters. The van der Waals surface area contributed by atoms with E-state index in [9.17, 15) is 18.0 Å². The van der Waals surface area contributed by atoms with Crippen LogP contribution in [-0.2, 0) is 6.18 Å². The SMILES string of the molecule is COc1cccc(-c2nc(-n3nc(C(=O)N(C)CCN)c4cc(C(F)(F)F)ccc43)sc2C(C)C)c1. The largest absolute Gasteiger partial charge is 0.497 e. The van der Waals surface area contributed by atoms with Crippen LogP contribution in [0.4, 0.5) is 13.2 Å². The average molecular weight is 518 g/mol. The van der Waals surface area contributed by atoms with Crippen molar-refractivity contribution in [3.05, 3.63) is 58.6 Å². The molecule has 7 nitrogen and oxygen atoms in total. The molecule has 0 fully saturated rings. The van der Waals surface area contributed by atoms with Crippen LogP contribution in [0.15, 0.2) is 42.5 Å². The maximum absolute atomic E-state index is 13.5. The Labute approximate surface area is 210 Å². The number of amides is 1. The molecule has 0 aliphatic heterocycles. The molecule has 0 aliphatic carbocycles. The second-order valence-corrected chi connectivity index (χ2v) is 9.61. The van der Waals surface area contributed by atoms with Crippen LogP contribution in [-0.4, -0.2) is 52.8 Å². The summed E-state index contributed by atoms with van der Waals surface area (Å²) in [7, 11) is 3.12. The summed E-state index contributed by atoms with van der Waals surface area (Å²) < 4.78 is 47.3. The highest BCUT2D eigenvalue weighted by Gasteiger charge is 2.32. The second-order valence-electron chi connectivity index (χ2n) is 8.60. The van der Waals surface area contributed by atoms with Crippen molar-refractivity contribution in [1.29, 1.82) is 0 Å². The highest BCUT2D eigenvalue weighted by atomic mass is 32.1. The normalized spacial score (nSPS) is 11.9. The van der Waals surface area contributed by atoms with Crippen molar-refractivity contribution in [3.63, 3.8) is 0 Å². The van der Waals surface area contributed by atoms with Crippen molar-refractivity contribution >= 4 is 28.1 Å². The number of rotatable bonds is 7. The first kappa shape index (κ1) is 25.6. The zero-order valence-corrected chi connectivity index (χ0v) is 21.1. The van der Waals surface area contributed by atoms with Gasteiger partial charge in [-0.1, -0.05) is 37.3 Å². The lowest BCUT2D eigenvalue weighted by Crippen LogP contribution is -2.32. The Morgan fingerprint density at radius 1 is 1.22 bits per heavy atom. The van der Waals surface area contributed by atoms with Crippen LogP contribution >= 0.6 is 11.3 Å².